The van der Waals surface area contributed by atoms with Crippen LogP contribution in [0.25, 0.3) is 11.1 Å². The molecule has 1 aliphatic rings. The van der Waals surface area contributed by atoms with Gasteiger partial charge in [0.2, 0.25) is 0 Å². The molecule has 0 aliphatic heterocycles. The highest BCUT2D eigenvalue weighted by atomic mass is 14.8. The fourth-order valence-electron chi connectivity index (χ4n) is 3.02. The summed E-state index contributed by atoms with van der Waals surface area (Å²) >= 11 is 0. The van der Waals surface area contributed by atoms with Crippen molar-refractivity contribution in [3.63, 3.8) is 0 Å². The molecular weight excluding hydrogens is 278 g/mol. The van der Waals surface area contributed by atoms with Gasteiger partial charge in [-0.05, 0) is 85.7 Å². The van der Waals surface area contributed by atoms with E-state index in [0.717, 1.165) is 6.42 Å². The van der Waals surface area contributed by atoms with E-state index in [0.29, 0.717) is 0 Å². The molecule has 0 amide bonds. The Morgan fingerprint density at radius 2 is 2.04 bits per heavy atom. The van der Waals surface area contributed by atoms with Gasteiger partial charge in [-0.3, -0.25) is 0 Å². The zero-order chi connectivity index (χ0) is 16.7. The first kappa shape index (κ1) is 17.1. The van der Waals surface area contributed by atoms with Crippen LogP contribution in [0, 0.1) is 0 Å². The maximum atomic E-state index is 3.92. The van der Waals surface area contributed by atoms with Crippen molar-refractivity contribution in [3.8, 4) is 0 Å². The van der Waals surface area contributed by atoms with Crippen molar-refractivity contribution >= 4 is 11.1 Å². The van der Waals surface area contributed by atoms with Crippen LogP contribution < -0.4 is 5.32 Å². The van der Waals surface area contributed by atoms with Crippen molar-refractivity contribution in [3.05, 3.63) is 83.7 Å². The maximum Gasteiger partial charge on any atom is 0.00339 e. The summed E-state index contributed by atoms with van der Waals surface area (Å²) in [5, 5.41) is 3.19. The third-order valence-electron chi connectivity index (χ3n) is 4.19. The number of allylic oxidation sites excluding steroid dienone is 7. The Balaban J connectivity index is 2.38. The molecule has 120 valence electrons. The summed E-state index contributed by atoms with van der Waals surface area (Å²) in [4.78, 5) is 0. The topological polar surface area (TPSA) is 12.0 Å². The average molecular weight is 305 g/mol. The van der Waals surface area contributed by atoms with E-state index in [1.807, 2.05) is 31.5 Å². The maximum absolute atomic E-state index is 3.92. The van der Waals surface area contributed by atoms with Crippen LogP contribution >= 0.6 is 0 Å². The molecule has 2 rings (SSSR count). The molecule has 1 nitrogen and oxygen atoms in total. The Hall–Kier alpha value is -2.28. The quantitative estimate of drug-likeness (QED) is 0.656. The summed E-state index contributed by atoms with van der Waals surface area (Å²) in [5.41, 5.74) is 7.98. The number of fused-ring (bicyclic) bond motifs is 1. The molecule has 1 N–H and O–H groups in total. The summed E-state index contributed by atoms with van der Waals surface area (Å²) in [7, 11) is 0. The lowest BCUT2D eigenvalue weighted by Gasteiger charge is -2.20. The van der Waals surface area contributed by atoms with Crippen molar-refractivity contribution < 1.29 is 0 Å². The molecule has 1 aromatic carbocycles. The highest BCUT2D eigenvalue weighted by Gasteiger charge is 2.15. The minimum Gasteiger partial charge on any atom is -0.368 e. The number of aryl methyl sites for hydroxylation is 1. The molecule has 0 heterocycles. The molecule has 0 spiro atoms. The number of hydrogen-bond donors (Lipinski definition) is 1. The van der Waals surface area contributed by atoms with Crippen molar-refractivity contribution in [1.29, 1.82) is 0 Å². The Morgan fingerprint density at radius 3 is 2.74 bits per heavy atom. The SMILES string of the molecule is C=C/C(=C\C)c1ccc2c(c1)/C(=C/C(C)=C/N/C=C\C)CCC2. The predicted octanol–water partition coefficient (Wildman–Crippen LogP) is 6.02. The Labute approximate surface area is 140 Å². The third-order valence-corrected chi connectivity index (χ3v) is 4.19. The first-order valence-electron chi connectivity index (χ1n) is 8.36. The van der Waals surface area contributed by atoms with E-state index < -0.39 is 0 Å². The summed E-state index contributed by atoms with van der Waals surface area (Å²) < 4.78 is 0. The van der Waals surface area contributed by atoms with E-state index >= 15 is 0 Å². The van der Waals surface area contributed by atoms with Gasteiger partial charge in [0.25, 0.3) is 0 Å². The Morgan fingerprint density at radius 1 is 1.22 bits per heavy atom. The lowest BCUT2D eigenvalue weighted by Crippen LogP contribution is -2.03. The standard InChI is InChI=1S/C22H27N/c1-5-13-23-16-17(4)14-21-10-8-9-19-11-12-20(15-22(19)21)18(6-2)7-3/h5-7,11-16,23H,2,8-10H2,1,3-4H3/b13-5-,17-16+,18-7+,21-14+. The predicted molar refractivity (Wildman–Crippen MR) is 103 cm³/mol. The van der Waals surface area contributed by atoms with Gasteiger partial charge in [0.1, 0.15) is 0 Å². The molecule has 1 aliphatic carbocycles. The smallest absolute Gasteiger partial charge is 0.00339 e. The lowest BCUT2D eigenvalue weighted by molar-refractivity contribution is 0.821. The van der Waals surface area contributed by atoms with E-state index in [-0.39, 0.29) is 0 Å². The molecular formula is C22H27N. The summed E-state index contributed by atoms with van der Waals surface area (Å²) in [5.74, 6) is 0. The molecule has 1 heteroatoms. The van der Waals surface area contributed by atoms with Crippen molar-refractivity contribution in [2.24, 2.45) is 0 Å². The second-order valence-electron chi connectivity index (χ2n) is 5.90. The first-order valence-corrected chi connectivity index (χ1v) is 8.36. The van der Waals surface area contributed by atoms with Crippen molar-refractivity contribution in [2.75, 3.05) is 0 Å². The van der Waals surface area contributed by atoms with E-state index in [2.05, 4.69) is 56.1 Å². The minimum atomic E-state index is 1.14. The van der Waals surface area contributed by atoms with Gasteiger partial charge < -0.3 is 5.32 Å². The average Bonchev–Trinajstić information content (AvgIpc) is 2.57. The second kappa shape index (κ2) is 8.38. The third kappa shape index (κ3) is 4.35. The van der Waals surface area contributed by atoms with Gasteiger partial charge in [0, 0.05) is 6.20 Å². The van der Waals surface area contributed by atoms with E-state index in [1.54, 1.807) is 0 Å². The van der Waals surface area contributed by atoms with Crippen LogP contribution in [0.1, 0.15) is 50.3 Å². The van der Waals surface area contributed by atoms with Crippen LogP contribution in [0.3, 0.4) is 0 Å². The number of benzene rings is 1. The van der Waals surface area contributed by atoms with Gasteiger partial charge in [0.05, 0.1) is 0 Å². The first-order chi connectivity index (χ1) is 11.2. The minimum absolute atomic E-state index is 1.14. The fourth-order valence-corrected chi connectivity index (χ4v) is 3.02. The van der Waals surface area contributed by atoms with Gasteiger partial charge >= 0.3 is 0 Å². The zero-order valence-corrected chi connectivity index (χ0v) is 14.5. The number of nitrogens with one attached hydrogen (secondary N) is 1. The van der Waals surface area contributed by atoms with Crippen LogP contribution in [0.4, 0.5) is 0 Å². The molecule has 0 aromatic heterocycles. The molecule has 0 unspecified atom stereocenters. The van der Waals surface area contributed by atoms with Crippen LogP contribution in [-0.4, -0.2) is 0 Å². The summed E-state index contributed by atoms with van der Waals surface area (Å²) in [6.45, 7) is 10.1. The monoisotopic (exact) mass is 305 g/mol. The van der Waals surface area contributed by atoms with Gasteiger partial charge in [-0.2, -0.15) is 0 Å². The van der Waals surface area contributed by atoms with Crippen LogP contribution in [0.2, 0.25) is 0 Å². The molecule has 1 aromatic rings. The highest BCUT2D eigenvalue weighted by molar-refractivity contribution is 5.79. The van der Waals surface area contributed by atoms with Crippen LogP contribution in [0.5, 0.6) is 0 Å². The largest absolute Gasteiger partial charge is 0.368 e. The summed E-state index contributed by atoms with van der Waals surface area (Å²) in [6, 6.07) is 6.82. The lowest BCUT2D eigenvalue weighted by atomic mass is 9.84. The Kier molecular flexibility index (Phi) is 6.22. The van der Waals surface area contributed by atoms with Crippen LogP contribution in [0.15, 0.2) is 67.1 Å². The van der Waals surface area contributed by atoms with E-state index in [1.165, 1.54) is 46.3 Å². The highest BCUT2D eigenvalue weighted by Crippen LogP contribution is 2.33. The van der Waals surface area contributed by atoms with Gasteiger partial charge in [0.15, 0.2) is 0 Å². The number of rotatable bonds is 5. The van der Waals surface area contributed by atoms with Crippen molar-refractivity contribution in [1.82, 2.24) is 5.32 Å². The van der Waals surface area contributed by atoms with E-state index in [4.69, 9.17) is 0 Å². The molecule has 0 radical (unpaired) electrons. The van der Waals surface area contributed by atoms with Crippen molar-refractivity contribution in [2.45, 2.75) is 40.0 Å². The van der Waals surface area contributed by atoms with Gasteiger partial charge in [-0.25, -0.2) is 0 Å². The molecule has 0 bridgehead atoms. The normalized spacial score (nSPS) is 17.4. The number of hydrogen-bond acceptors (Lipinski definition) is 1. The van der Waals surface area contributed by atoms with E-state index in [9.17, 15) is 0 Å². The van der Waals surface area contributed by atoms with Crippen LogP contribution in [-0.2, 0) is 6.42 Å². The van der Waals surface area contributed by atoms with Gasteiger partial charge in [-0.1, -0.05) is 43.0 Å². The fraction of sp³-hybridized carbons (Fsp3) is 0.273. The summed E-state index contributed by atoms with van der Waals surface area (Å²) in [6.07, 6.45) is 15.9. The second-order valence-corrected chi connectivity index (χ2v) is 5.90. The zero-order valence-electron chi connectivity index (χ0n) is 14.5. The molecule has 0 saturated carbocycles. The molecule has 0 saturated heterocycles. The molecule has 0 fully saturated rings. The molecule has 23 heavy (non-hydrogen) atoms. The Bertz CT molecular complexity index is 684. The van der Waals surface area contributed by atoms with Gasteiger partial charge in [-0.15, -0.1) is 0 Å². The molecule has 0 atom stereocenters.